The number of ether oxygens (including phenoxy) is 1. The minimum Gasteiger partial charge on any atom is -0.495 e. The predicted octanol–water partition coefficient (Wildman–Crippen LogP) is 3.95. The molecule has 0 unspecified atom stereocenters. The van der Waals surface area contributed by atoms with Gasteiger partial charge in [0.2, 0.25) is 0 Å². The molecule has 8 nitrogen and oxygen atoms in total. The fourth-order valence-corrected chi connectivity index (χ4v) is 5.08. The van der Waals surface area contributed by atoms with E-state index in [1.165, 1.54) is 31.4 Å². The van der Waals surface area contributed by atoms with Gasteiger partial charge in [-0.05, 0) is 48.5 Å². The van der Waals surface area contributed by atoms with Crippen molar-refractivity contribution in [1.29, 1.82) is 0 Å². The van der Waals surface area contributed by atoms with Crippen LogP contribution in [0.1, 0.15) is 10.4 Å². The standard InChI is InChI=1S/C23H22N4O4S2/c1-31-20-8-4-2-6-18(20)27-33(29,30)17-12-10-16(11-13-17)22(28)24-14-15-25-23-26-19-7-3-5-9-21(19)32-23/h2-13,27H,14-15H2,1H3,(H,24,28)(H,25,26). The lowest BCUT2D eigenvalue weighted by atomic mass is 10.2. The fraction of sp³-hybridized carbons (Fsp3) is 0.130. The second-order valence-electron chi connectivity index (χ2n) is 7.00. The molecule has 0 saturated carbocycles. The highest BCUT2D eigenvalue weighted by molar-refractivity contribution is 7.92. The number of benzene rings is 3. The topological polar surface area (TPSA) is 109 Å². The number of methoxy groups -OCH3 is 1. The third-order valence-corrected chi connectivity index (χ3v) is 7.13. The van der Waals surface area contributed by atoms with E-state index in [1.807, 2.05) is 24.3 Å². The van der Waals surface area contributed by atoms with Gasteiger partial charge in [0.15, 0.2) is 5.13 Å². The van der Waals surface area contributed by atoms with Crippen molar-refractivity contribution >= 4 is 48.3 Å². The van der Waals surface area contributed by atoms with Crippen LogP contribution in [0.15, 0.2) is 77.7 Å². The SMILES string of the molecule is COc1ccccc1NS(=O)(=O)c1ccc(C(=O)NCCNc2nc3ccccc3s2)cc1. The minimum atomic E-state index is -3.83. The molecule has 0 saturated heterocycles. The maximum Gasteiger partial charge on any atom is 0.262 e. The molecule has 0 bridgehead atoms. The Hall–Kier alpha value is -3.63. The highest BCUT2D eigenvalue weighted by atomic mass is 32.2. The Morgan fingerprint density at radius 2 is 1.70 bits per heavy atom. The van der Waals surface area contributed by atoms with Crippen LogP contribution in [-0.4, -0.2) is 39.5 Å². The first kappa shape index (κ1) is 22.6. The number of hydrogen-bond donors (Lipinski definition) is 3. The lowest BCUT2D eigenvalue weighted by Crippen LogP contribution is -2.28. The van der Waals surface area contributed by atoms with Crippen LogP contribution in [0.25, 0.3) is 10.2 Å². The third kappa shape index (κ3) is 5.41. The molecule has 4 rings (SSSR count). The molecule has 0 aliphatic rings. The number of carbonyl (C=O) groups excluding carboxylic acids is 1. The highest BCUT2D eigenvalue weighted by Gasteiger charge is 2.17. The summed E-state index contributed by atoms with van der Waals surface area (Å²) >= 11 is 1.55. The van der Waals surface area contributed by atoms with Gasteiger partial charge in [-0.2, -0.15) is 0 Å². The van der Waals surface area contributed by atoms with Crippen molar-refractivity contribution in [3.8, 4) is 5.75 Å². The maximum atomic E-state index is 12.7. The Kier molecular flexibility index (Phi) is 6.76. The lowest BCUT2D eigenvalue weighted by molar-refractivity contribution is 0.0955. The number of sulfonamides is 1. The molecule has 1 heterocycles. The number of hydrogen-bond acceptors (Lipinski definition) is 7. The normalized spacial score (nSPS) is 11.2. The van der Waals surface area contributed by atoms with Crippen molar-refractivity contribution in [3.63, 3.8) is 0 Å². The van der Waals surface area contributed by atoms with Crippen molar-refractivity contribution in [1.82, 2.24) is 10.3 Å². The summed E-state index contributed by atoms with van der Waals surface area (Å²) in [6, 6.07) is 20.4. The molecule has 3 N–H and O–H groups in total. The predicted molar refractivity (Wildman–Crippen MR) is 131 cm³/mol. The van der Waals surface area contributed by atoms with E-state index in [0.717, 1.165) is 15.3 Å². The lowest BCUT2D eigenvalue weighted by Gasteiger charge is -2.12. The summed E-state index contributed by atoms with van der Waals surface area (Å²) in [5.74, 6) is 0.124. The fourth-order valence-electron chi connectivity index (χ4n) is 3.11. The molecule has 1 aromatic heterocycles. The summed E-state index contributed by atoms with van der Waals surface area (Å²) in [6.07, 6.45) is 0. The van der Waals surface area contributed by atoms with Crippen LogP contribution in [-0.2, 0) is 10.0 Å². The molecule has 0 fully saturated rings. The third-order valence-electron chi connectivity index (χ3n) is 4.76. The van der Waals surface area contributed by atoms with Gasteiger partial charge >= 0.3 is 0 Å². The zero-order valence-corrected chi connectivity index (χ0v) is 19.4. The summed E-state index contributed by atoms with van der Waals surface area (Å²) in [7, 11) is -2.36. The molecular weight excluding hydrogens is 460 g/mol. The van der Waals surface area contributed by atoms with Crippen molar-refractivity contribution in [2.24, 2.45) is 0 Å². The number of nitrogens with zero attached hydrogens (tertiary/aromatic N) is 1. The molecule has 0 atom stereocenters. The van der Waals surface area contributed by atoms with Crippen LogP contribution in [0.4, 0.5) is 10.8 Å². The second-order valence-corrected chi connectivity index (χ2v) is 9.71. The van der Waals surface area contributed by atoms with Crippen molar-refractivity contribution in [2.45, 2.75) is 4.90 Å². The molecular formula is C23H22N4O4S2. The van der Waals surface area contributed by atoms with E-state index < -0.39 is 10.0 Å². The molecule has 0 aliphatic heterocycles. The smallest absolute Gasteiger partial charge is 0.262 e. The number of aromatic nitrogens is 1. The van der Waals surface area contributed by atoms with Gasteiger partial charge in [-0.3, -0.25) is 9.52 Å². The zero-order valence-electron chi connectivity index (χ0n) is 17.7. The molecule has 0 aliphatic carbocycles. The maximum absolute atomic E-state index is 12.7. The Balaban J connectivity index is 1.31. The van der Waals surface area contributed by atoms with Gasteiger partial charge in [-0.25, -0.2) is 13.4 Å². The van der Waals surface area contributed by atoms with E-state index in [1.54, 1.807) is 35.6 Å². The monoisotopic (exact) mass is 482 g/mol. The van der Waals surface area contributed by atoms with Gasteiger partial charge < -0.3 is 15.4 Å². The van der Waals surface area contributed by atoms with Gasteiger partial charge in [0.25, 0.3) is 15.9 Å². The van der Waals surface area contributed by atoms with E-state index in [4.69, 9.17) is 4.74 Å². The number of amides is 1. The number of rotatable bonds is 9. The first-order valence-electron chi connectivity index (χ1n) is 10.1. The van der Waals surface area contributed by atoms with E-state index in [2.05, 4.69) is 20.3 Å². The average Bonchev–Trinajstić information content (AvgIpc) is 3.25. The van der Waals surface area contributed by atoms with Crippen molar-refractivity contribution in [2.75, 3.05) is 30.2 Å². The molecule has 170 valence electrons. The molecule has 33 heavy (non-hydrogen) atoms. The van der Waals surface area contributed by atoms with Gasteiger partial charge in [0, 0.05) is 18.7 Å². The van der Waals surface area contributed by atoms with Gasteiger partial charge in [-0.1, -0.05) is 35.6 Å². The van der Waals surface area contributed by atoms with Crippen molar-refractivity contribution in [3.05, 3.63) is 78.4 Å². The Labute approximate surface area is 195 Å². The number of carbonyl (C=O) groups is 1. The van der Waals surface area contributed by atoms with Gasteiger partial charge in [-0.15, -0.1) is 0 Å². The van der Waals surface area contributed by atoms with E-state index in [0.29, 0.717) is 30.1 Å². The average molecular weight is 483 g/mol. The Morgan fingerprint density at radius 3 is 2.45 bits per heavy atom. The Morgan fingerprint density at radius 1 is 0.970 bits per heavy atom. The molecule has 0 radical (unpaired) electrons. The number of anilines is 2. The van der Waals surface area contributed by atoms with Crippen LogP contribution >= 0.6 is 11.3 Å². The summed E-state index contributed by atoms with van der Waals surface area (Å²) in [5.41, 5.74) is 1.64. The largest absolute Gasteiger partial charge is 0.495 e. The first-order chi connectivity index (χ1) is 16.0. The minimum absolute atomic E-state index is 0.0439. The highest BCUT2D eigenvalue weighted by Crippen LogP contribution is 2.26. The number of thiazole rings is 1. The summed E-state index contributed by atoms with van der Waals surface area (Å²) in [4.78, 5) is 16.9. The zero-order chi connectivity index (χ0) is 23.3. The molecule has 4 aromatic rings. The van der Waals surface area contributed by atoms with Crippen molar-refractivity contribution < 1.29 is 17.9 Å². The number of nitrogens with one attached hydrogen (secondary N) is 3. The van der Waals surface area contributed by atoms with Crippen LogP contribution < -0.4 is 20.1 Å². The summed E-state index contributed by atoms with van der Waals surface area (Å²) < 4.78 is 34.1. The van der Waals surface area contributed by atoms with E-state index in [9.17, 15) is 13.2 Å². The first-order valence-corrected chi connectivity index (χ1v) is 12.4. The van der Waals surface area contributed by atoms with Gasteiger partial charge in [0.05, 0.1) is 27.9 Å². The van der Waals surface area contributed by atoms with E-state index in [-0.39, 0.29) is 10.8 Å². The molecule has 0 spiro atoms. The Bertz CT molecular complexity index is 1340. The van der Waals surface area contributed by atoms with Crippen LogP contribution in [0, 0.1) is 0 Å². The second kappa shape index (κ2) is 9.88. The summed E-state index contributed by atoms with van der Waals surface area (Å²) in [6.45, 7) is 0.908. The van der Waals surface area contributed by atoms with E-state index >= 15 is 0 Å². The molecule has 10 heteroatoms. The molecule has 1 amide bonds. The van der Waals surface area contributed by atoms with Crippen LogP contribution in [0.3, 0.4) is 0 Å². The summed E-state index contributed by atoms with van der Waals surface area (Å²) in [5, 5.41) is 6.80. The number of fused-ring (bicyclic) bond motifs is 1. The molecule has 3 aromatic carbocycles. The van der Waals surface area contributed by atoms with Crippen LogP contribution in [0.5, 0.6) is 5.75 Å². The number of para-hydroxylation sites is 3. The van der Waals surface area contributed by atoms with Crippen LogP contribution in [0.2, 0.25) is 0 Å². The van der Waals surface area contributed by atoms with Gasteiger partial charge in [0.1, 0.15) is 5.75 Å². The quantitative estimate of drug-likeness (QED) is 0.312.